The third kappa shape index (κ3) is 4.33. The highest BCUT2D eigenvalue weighted by Crippen LogP contribution is 2.35. The highest BCUT2D eigenvalue weighted by molar-refractivity contribution is 6.07. The monoisotopic (exact) mass is 565 g/mol. The number of aromatic nitrogens is 4. The van der Waals surface area contributed by atoms with Crippen molar-refractivity contribution in [2.75, 3.05) is 23.3 Å². The summed E-state index contributed by atoms with van der Waals surface area (Å²) < 4.78 is 5.69. The fraction of sp³-hybridized carbons (Fsp3) is 0.375. The van der Waals surface area contributed by atoms with Gasteiger partial charge in [-0.05, 0) is 67.5 Å². The van der Waals surface area contributed by atoms with E-state index in [1.807, 2.05) is 53.0 Å². The van der Waals surface area contributed by atoms with E-state index in [2.05, 4.69) is 21.0 Å². The lowest BCUT2D eigenvalue weighted by Crippen LogP contribution is -2.41. The molecule has 42 heavy (non-hydrogen) atoms. The molecule has 0 radical (unpaired) electrons. The lowest BCUT2D eigenvalue weighted by Gasteiger charge is -2.31. The van der Waals surface area contributed by atoms with Crippen LogP contribution >= 0.6 is 0 Å². The van der Waals surface area contributed by atoms with Gasteiger partial charge in [0.1, 0.15) is 11.4 Å². The molecule has 3 aromatic heterocycles. The molecule has 10 heteroatoms. The number of carbonyl (C=O) groups excluding carboxylic acids is 2. The Hall–Kier alpha value is -4.60. The zero-order valence-electron chi connectivity index (χ0n) is 24.3. The first-order chi connectivity index (χ1) is 20.3. The van der Waals surface area contributed by atoms with Gasteiger partial charge in [-0.3, -0.25) is 19.1 Å². The number of benzene rings is 1. The Kier molecular flexibility index (Phi) is 6.29. The van der Waals surface area contributed by atoms with Gasteiger partial charge in [0.15, 0.2) is 5.82 Å². The largest absolute Gasteiger partial charge is 0.339 e. The Bertz CT molecular complexity index is 1810. The molecular formula is C32H35N7O3. The number of rotatable bonds is 4. The van der Waals surface area contributed by atoms with Gasteiger partial charge >= 0.3 is 0 Å². The van der Waals surface area contributed by atoms with Gasteiger partial charge in [0, 0.05) is 62.8 Å². The first-order valence-electron chi connectivity index (χ1n) is 14.7. The molecule has 2 aliphatic heterocycles. The Balaban J connectivity index is 1.20. The second-order valence-corrected chi connectivity index (χ2v) is 11.6. The van der Waals surface area contributed by atoms with Crippen LogP contribution in [0.1, 0.15) is 52.8 Å². The molecule has 1 aromatic carbocycles. The minimum absolute atomic E-state index is 0.0375. The van der Waals surface area contributed by atoms with E-state index in [0.717, 1.165) is 53.2 Å². The van der Waals surface area contributed by atoms with Crippen LogP contribution in [0.2, 0.25) is 0 Å². The van der Waals surface area contributed by atoms with E-state index >= 15 is 0 Å². The molecule has 0 spiro atoms. The minimum atomic E-state index is -0.167. The Morgan fingerprint density at radius 2 is 1.83 bits per heavy atom. The molecule has 1 N–H and O–H groups in total. The smallest absolute Gasteiger partial charge is 0.274 e. The van der Waals surface area contributed by atoms with Gasteiger partial charge in [-0.15, -0.1) is 0 Å². The number of carbonyl (C=O) groups is 2. The summed E-state index contributed by atoms with van der Waals surface area (Å²) in [5, 5.41) is 7.86. The fourth-order valence-corrected chi connectivity index (χ4v) is 6.78. The maximum atomic E-state index is 13.8. The number of nitrogens with one attached hydrogen (secondary N) is 1. The van der Waals surface area contributed by atoms with Crippen molar-refractivity contribution in [1.29, 1.82) is 0 Å². The van der Waals surface area contributed by atoms with Crippen molar-refractivity contribution in [2.24, 2.45) is 7.05 Å². The standard InChI is InChI=1S/C32H35N7O3/c1-20-25(8-6-10-27(20)38-13-12-37-28-9-5-4-7-22(28)16-29(37)32(38)42)23-15-26(31(41)35(3)18-23)33-30-17-24-19-36(21(2)40)11-14-39(24)34-30/h6,8,10,15-18H,4-5,7,9,11-14,19H2,1-3H3,(H,33,34). The lowest BCUT2D eigenvalue weighted by molar-refractivity contribution is -0.130. The van der Waals surface area contributed by atoms with Gasteiger partial charge in [0.2, 0.25) is 5.91 Å². The van der Waals surface area contributed by atoms with Crippen molar-refractivity contribution in [2.45, 2.75) is 59.2 Å². The molecule has 3 aliphatic rings. The molecule has 2 amide bonds. The molecule has 10 nitrogen and oxygen atoms in total. The highest BCUT2D eigenvalue weighted by atomic mass is 16.2. The van der Waals surface area contributed by atoms with Crippen molar-refractivity contribution in [3.63, 3.8) is 0 Å². The average Bonchev–Trinajstić information content (AvgIpc) is 3.57. The average molecular weight is 566 g/mol. The molecule has 0 unspecified atom stereocenters. The summed E-state index contributed by atoms with van der Waals surface area (Å²) in [7, 11) is 1.74. The van der Waals surface area contributed by atoms with Crippen molar-refractivity contribution < 1.29 is 9.59 Å². The van der Waals surface area contributed by atoms with Gasteiger partial charge in [0.25, 0.3) is 11.5 Å². The van der Waals surface area contributed by atoms with Gasteiger partial charge in [0.05, 0.1) is 18.8 Å². The first-order valence-corrected chi connectivity index (χ1v) is 14.7. The third-order valence-corrected chi connectivity index (χ3v) is 9.02. The number of amides is 2. The van der Waals surface area contributed by atoms with Crippen molar-refractivity contribution >= 4 is 29.0 Å². The van der Waals surface area contributed by atoms with Crippen LogP contribution in [0.4, 0.5) is 17.2 Å². The van der Waals surface area contributed by atoms with Crippen LogP contribution < -0.4 is 15.8 Å². The van der Waals surface area contributed by atoms with Crippen molar-refractivity contribution in [3.8, 4) is 11.1 Å². The molecule has 0 saturated carbocycles. The molecule has 0 bridgehead atoms. The van der Waals surface area contributed by atoms with E-state index in [1.165, 1.54) is 24.1 Å². The molecule has 216 valence electrons. The zero-order valence-corrected chi connectivity index (χ0v) is 24.3. The van der Waals surface area contributed by atoms with E-state index in [0.29, 0.717) is 37.7 Å². The Labute approximate surface area is 244 Å². The third-order valence-electron chi connectivity index (χ3n) is 9.02. The molecule has 1 aliphatic carbocycles. The quantitative estimate of drug-likeness (QED) is 0.404. The van der Waals surface area contributed by atoms with Crippen LogP contribution in [0.25, 0.3) is 11.1 Å². The van der Waals surface area contributed by atoms with Gasteiger partial charge < -0.3 is 24.3 Å². The Morgan fingerprint density at radius 3 is 2.67 bits per heavy atom. The highest BCUT2D eigenvalue weighted by Gasteiger charge is 2.31. The predicted octanol–water partition coefficient (Wildman–Crippen LogP) is 4.00. The second kappa shape index (κ2) is 10.0. The van der Waals surface area contributed by atoms with E-state index < -0.39 is 0 Å². The molecule has 0 fully saturated rings. The number of hydrogen-bond acceptors (Lipinski definition) is 5. The maximum Gasteiger partial charge on any atom is 0.274 e. The van der Waals surface area contributed by atoms with Crippen LogP contribution in [0.5, 0.6) is 0 Å². The summed E-state index contributed by atoms with van der Waals surface area (Å²) in [6.45, 7) is 6.77. The second-order valence-electron chi connectivity index (χ2n) is 11.6. The van der Waals surface area contributed by atoms with Crippen LogP contribution in [0.3, 0.4) is 0 Å². The molecule has 0 saturated heterocycles. The summed E-state index contributed by atoms with van der Waals surface area (Å²) in [4.78, 5) is 42.4. The minimum Gasteiger partial charge on any atom is -0.339 e. The summed E-state index contributed by atoms with van der Waals surface area (Å²) >= 11 is 0. The summed E-state index contributed by atoms with van der Waals surface area (Å²) in [6.07, 6.45) is 6.32. The van der Waals surface area contributed by atoms with Gasteiger partial charge in [-0.2, -0.15) is 5.10 Å². The Morgan fingerprint density at radius 1 is 1.00 bits per heavy atom. The maximum absolute atomic E-state index is 13.8. The number of pyridine rings is 1. The van der Waals surface area contributed by atoms with Crippen LogP contribution in [-0.4, -0.2) is 48.7 Å². The first kappa shape index (κ1) is 26.3. The number of aryl methyl sites for hydroxylation is 2. The van der Waals surface area contributed by atoms with Gasteiger partial charge in [-0.25, -0.2) is 0 Å². The SMILES string of the molecule is CC(=O)N1CCn2nc(Nc3cc(-c4cccc(N5CCn6c(cc7c6CCCC7)C5=O)c4C)cn(C)c3=O)cc2C1. The lowest BCUT2D eigenvalue weighted by atomic mass is 9.98. The summed E-state index contributed by atoms with van der Waals surface area (Å²) in [6, 6.07) is 11.9. The molecule has 7 rings (SSSR count). The van der Waals surface area contributed by atoms with Crippen molar-refractivity contribution in [3.05, 3.63) is 81.2 Å². The zero-order chi connectivity index (χ0) is 29.1. The topological polar surface area (TPSA) is 97.4 Å². The van der Waals surface area contributed by atoms with Crippen LogP contribution in [-0.2, 0) is 44.3 Å². The number of nitrogens with zero attached hydrogens (tertiary/aromatic N) is 6. The number of hydrogen-bond donors (Lipinski definition) is 1. The predicted molar refractivity (Wildman–Crippen MR) is 161 cm³/mol. The fourth-order valence-electron chi connectivity index (χ4n) is 6.78. The number of anilines is 3. The summed E-state index contributed by atoms with van der Waals surface area (Å²) in [5.41, 5.74) is 8.34. The van der Waals surface area contributed by atoms with Crippen LogP contribution in [0.15, 0.2) is 47.4 Å². The molecule has 5 heterocycles. The normalized spacial score (nSPS) is 16.2. The molecule has 4 aromatic rings. The van der Waals surface area contributed by atoms with Crippen LogP contribution in [0, 0.1) is 6.92 Å². The molecular weight excluding hydrogens is 530 g/mol. The molecule has 0 atom stereocenters. The van der Waals surface area contributed by atoms with E-state index in [9.17, 15) is 14.4 Å². The van der Waals surface area contributed by atoms with E-state index in [4.69, 9.17) is 0 Å². The van der Waals surface area contributed by atoms with Gasteiger partial charge in [-0.1, -0.05) is 12.1 Å². The van der Waals surface area contributed by atoms with Crippen molar-refractivity contribution in [1.82, 2.24) is 23.8 Å². The number of fused-ring (bicyclic) bond motifs is 4. The van der Waals surface area contributed by atoms with E-state index in [-0.39, 0.29) is 17.4 Å². The summed E-state index contributed by atoms with van der Waals surface area (Å²) in [5.74, 6) is 0.654. The van der Waals surface area contributed by atoms with E-state index in [1.54, 1.807) is 23.4 Å².